The number of hydrogen-bond donors (Lipinski definition) is 1. The van der Waals surface area contributed by atoms with Crippen LogP contribution in [0, 0.1) is 0 Å². The molecular weight excluding hydrogens is 242 g/mol. The summed E-state index contributed by atoms with van der Waals surface area (Å²) in [6.45, 7) is 2.22. The molecule has 0 bridgehead atoms. The van der Waals surface area contributed by atoms with Gasteiger partial charge in [0.15, 0.2) is 4.67 Å². The van der Waals surface area contributed by atoms with Gasteiger partial charge in [0, 0.05) is 11.6 Å². The second-order valence-corrected chi connectivity index (χ2v) is 4.21. The van der Waals surface area contributed by atoms with Crippen LogP contribution in [0.4, 0.5) is 0 Å². The van der Waals surface area contributed by atoms with E-state index in [0.29, 0.717) is 6.04 Å². The maximum atomic E-state index is 5.23. The van der Waals surface area contributed by atoms with Crippen LogP contribution in [0.2, 0.25) is 0 Å². The third kappa shape index (κ3) is 3.14. The highest BCUT2D eigenvalue weighted by atomic mass is 79.9. The summed E-state index contributed by atoms with van der Waals surface area (Å²) < 4.78 is 6.09. The number of hydrogen-bond acceptors (Lipinski definition) is 2. The molecule has 1 N–H and O–H groups in total. The normalized spacial score (nSPS) is 13.1. The molecule has 1 rings (SSSR count). The SMILES string of the molecule is CCCCCC(NC)c1ccoc1Br. The molecule has 0 amide bonds. The first-order valence-electron chi connectivity index (χ1n) is 5.19. The summed E-state index contributed by atoms with van der Waals surface area (Å²) in [4.78, 5) is 0. The van der Waals surface area contributed by atoms with Crippen molar-refractivity contribution >= 4 is 15.9 Å². The van der Waals surface area contributed by atoms with Gasteiger partial charge in [0.05, 0.1) is 6.26 Å². The Morgan fingerprint density at radius 1 is 1.50 bits per heavy atom. The van der Waals surface area contributed by atoms with Crippen LogP contribution in [0.15, 0.2) is 21.4 Å². The highest BCUT2D eigenvalue weighted by Gasteiger charge is 2.13. The van der Waals surface area contributed by atoms with Crippen LogP contribution < -0.4 is 5.32 Å². The maximum Gasteiger partial charge on any atom is 0.173 e. The second-order valence-electron chi connectivity index (χ2n) is 3.49. The minimum Gasteiger partial charge on any atom is -0.457 e. The summed E-state index contributed by atoms with van der Waals surface area (Å²) in [6.07, 6.45) is 6.72. The zero-order valence-corrected chi connectivity index (χ0v) is 10.4. The summed E-state index contributed by atoms with van der Waals surface area (Å²) in [5.74, 6) is 0. The Hall–Kier alpha value is -0.280. The first kappa shape index (κ1) is 11.8. The molecule has 0 aromatic carbocycles. The first-order chi connectivity index (χ1) is 6.79. The molecule has 2 nitrogen and oxygen atoms in total. The van der Waals surface area contributed by atoms with Crippen LogP contribution in [-0.2, 0) is 0 Å². The van der Waals surface area contributed by atoms with E-state index >= 15 is 0 Å². The molecule has 0 aliphatic heterocycles. The third-order valence-electron chi connectivity index (χ3n) is 2.47. The van der Waals surface area contributed by atoms with Gasteiger partial charge in [-0.2, -0.15) is 0 Å². The van der Waals surface area contributed by atoms with Gasteiger partial charge in [-0.25, -0.2) is 0 Å². The van der Waals surface area contributed by atoms with E-state index < -0.39 is 0 Å². The number of nitrogens with one attached hydrogen (secondary N) is 1. The van der Waals surface area contributed by atoms with Crippen molar-refractivity contribution in [1.82, 2.24) is 5.32 Å². The summed E-state index contributed by atoms with van der Waals surface area (Å²) in [6, 6.07) is 2.44. The van der Waals surface area contributed by atoms with Crippen LogP contribution in [0.25, 0.3) is 0 Å². The predicted molar refractivity (Wildman–Crippen MR) is 62.4 cm³/mol. The van der Waals surface area contributed by atoms with Crippen molar-refractivity contribution in [3.63, 3.8) is 0 Å². The molecule has 0 fully saturated rings. The average molecular weight is 260 g/mol. The fourth-order valence-electron chi connectivity index (χ4n) is 1.61. The molecule has 80 valence electrons. The maximum absolute atomic E-state index is 5.23. The van der Waals surface area contributed by atoms with Crippen molar-refractivity contribution in [1.29, 1.82) is 0 Å². The molecule has 0 saturated heterocycles. The lowest BCUT2D eigenvalue weighted by molar-refractivity contribution is 0.488. The molecule has 14 heavy (non-hydrogen) atoms. The molecule has 0 radical (unpaired) electrons. The number of furan rings is 1. The van der Waals surface area contributed by atoms with Gasteiger partial charge in [0.25, 0.3) is 0 Å². The van der Waals surface area contributed by atoms with E-state index in [4.69, 9.17) is 4.42 Å². The highest BCUT2D eigenvalue weighted by Crippen LogP contribution is 2.27. The topological polar surface area (TPSA) is 25.2 Å². The lowest BCUT2D eigenvalue weighted by Gasteiger charge is -2.14. The number of halogens is 1. The fraction of sp³-hybridized carbons (Fsp3) is 0.636. The van der Waals surface area contributed by atoms with Gasteiger partial charge in [-0.1, -0.05) is 26.2 Å². The van der Waals surface area contributed by atoms with E-state index in [1.54, 1.807) is 6.26 Å². The van der Waals surface area contributed by atoms with Crippen LogP contribution >= 0.6 is 15.9 Å². The number of unbranched alkanes of at least 4 members (excludes halogenated alkanes) is 2. The largest absolute Gasteiger partial charge is 0.457 e. The molecule has 0 spiro atoms. The third-order valence-corrected chi connectivity index (χ3v) is 3.11. The summed E-state index contributed by atoms with van der Waals surface area (Å²) >= 11 is 3.41. The first-order valence-corrected chi connectivity index (χ1v) is 5.99. The van der Waals surface area contributed by atoms with Crippen molar-refractivity contribution < 1.29 is 4.42 Å². The van der Waals surface area contributed by atoms with Crippen molar-refractivity contribution in [3.8, 4) is 0 Å². The Morgan fingerprint density at radius 2 is 2.29 bits per heavy atom. The van der Waals surface area contributed by atoms with E-state index in [0.717, 1.165) is 4.67 Å². The van der Waals surface area contributed by atoms with Gasteiger partial charge in [0.2, 0.25) is 0 Å². The van der Waals surface area contributed by atoms with E-state index in [9.17, 15) is 0 Å². The Kier molecular flexibility index (Phi) is 5.26. The minimum absolute atomic E-state index is 0.412. The Morgan fingerprint density at radius 3 is 2.79 bits per heavy atom. The molecule has 1 unspecified atom stereocenters. The Balaban J connectivity index is 2.50. The van der Waals surface area contributed by atoms with Crippen molar-refractivity contribution in [2.24, 2.45) is 0 Å². The lowest BCUT2D eigenvalue weighted by atomic mass is 10.0. The predicted octanol–water partition coefficient (Wildman–Crippen LogP) is 3.88. The quantitative estimate of drug-likeness (QED) is 0.785. The minimum atomic E-state index is 0.412. The smallest absolute Gasteiger partial charge is 0.173 e. The molecule has 0 saturated carbocycles. The zero-order valence-electron chi connectivity index (χ0n) is 8.85. The van der Waals surface area contributed by atoms with Gasteiger partial charge >= 0.3 is 0 Å². The van der Waals surface area contributed by atoms with Crippen molar-refractivity contribution in [2.45, 2.75) is 38.6 Å². The highest BCUT2D eigenvalue weighted by molar-refractivity contribution is 9.10. The fourth-order valence-corrected chi connectivity index (χ4v) is 2.12. The van der Waals surface area contributed by atoms with Crippen LogP contribution in [0.3, 0.4) is 0 Å². The second kappa shape index (κ2) is 6.25. The summed E-state index contributed by atoms with van der Waals surface area (Å²) in [7, 11) is 2.00. The lowest BCUT2D eigenvalue weighted by Crippen LogP contribution is -2.15. The van der Waals surface area contributed by atoms with Gasteiger partial charge < -0.3 is 9.73 Å². The molecule has 1 heterocycles. The van der Waals surface area contributed by atoms with E-state index in [-0.39, 0.29) is 0 Å². The van der Waals surface area contributed by atoms with Crippen LogP contribution in [0.5, 0.6) is 0 Å². The van der Waals surface area contributed by atoms with E-state index in [1.807, 2.05) is 13.1 Å². The van der Waals surface area contributed by atoms with Crippen LogP contribution in [-0.4, -0.2) is 7.05 Å². The Labute approximate surface area is 94.2 Å². The monoisotopic (exact) mass is 259 g/mol. The van der Waals surface area contributed by atoms with Gasteiger partial charge in [-0.15, -0.1) is 0 Å². The van der Waals surface area contributed by atoms with Crippen molar-refractivity contribution in [3.05, 3.63) is 22.6 Å². The average Bonchev–Trinajstić information content (AvgIpc) is 2.60. The standard InChI is InChI=1S/C11H18BrNO/c1-3-4-5-6-10(13-2)9-7-8-14-11(9)12/h7-8,10,13H,3-6H2,1-2H3. The number of rotatable bonds is 6. The molecular formula is C11H18BrNO. The molecule has 0 aliphatic rings. The van der Waals surface area contributed by atoms with E-state index in [1.165, 1.54) is 31.2 Å². The van der Waals surface area contributed by atoms with Gasteiger partial charge in [-0.3, -0.25) is 0 Å². The van der Waals surface area contributed by atoms with E-state index in [2.05, 4.69) is 28.2 Å². The zero-order chi connectivity index (χ0) is 10.4. The molecule has 3 heteroatoms. The Bertz CT molecular complexity index is 260. The van der Waals surface area contributed by atoms with Gasteiger partial charge in [-0.05, 0) is 35.5 Å². The molecule has 1 aromatic rings. The van der Waals surface area contributed by atoms with Gasteiger partial charge in [0.1, 0.15) is 0 Å². The summed E-state index contributed by atoms with van der Waals surface area (Å²) in [5, 5.41) is 3.31. The summed E-state index contributed by atoms with van der Waals surface area (Å²) in [5.41, 5.74) is 1.23. The van der Waals surface area contributed by atoms with Crippen LogP contribution in [0.1, 0.15) is 44.2 Å². The molecule has 1 aromatic heterocycles. The molecule has 0 aliphatic carbocycles. The van der Waals surface area contributed by atoms with Crippen molar-refractivity contribution in [2.75, 3.05) is 7.05 Å². The molecule has 1 atom stereocenters.